The number of esters is 3. The summed E-state index contributed by atoms with van der Waals surface area (Å²) in [7, 11) is 0. The first-order valence-electron chi connectivity index (χ1n) is 34.3. The van der Waals surface area contributed by atoms with Crippen molar-refractivity contribution < 1.29 is 28.6 Å². The maximum Gasteiger partial charge on any atom is 0.306 e. The summed E-state index contributed by atoms with van der Waals surface area (Å²) in [6, 6.07) is 0. The maximum atomic E-state index is 12.9. The fourth-order valence-electron chi connectivity index (χ4n) is 10.2. The lowest BCUT2D eigenvalue weighted by molar-refractivity contribution is -0.167. The average molecular weight is 1090 g/mol. The second-order valence-electron chi connectivity index (χ2n) is 23.1. The fraction of sp³-hybridized carbons (Fsp3) is 0.819. The van der Waals surface area contributed by atoms with Gasteiger partial charge in [-0.05, 0) is 64.2 Å². The molecule has 0 aliphatic heterocycles. The molecule has 0 bridgehead atoms. The van der Waals surface area contributed by atoms with Gasteiger partial charge in [0.2, 0.25) is 0 Å². The lowest BCUT2D eigenvalue weighted by Crippen LogP contribution is -2.30. The zero-order valence-electron chi connectivity index (χ0n) is 52.2. The monoisotopic (exact) mass is 1090 g/mol. The van der Waals surface area contributed by atoms with Crippen LogP contribution in [0.1, 0.15) is 361 Å². The Balaban J connectivity index is 4.07. The molecule has 78 heavy (non-hydrogen) atoms. The van der Waals surface area contributed by atoms with Crippen LogP contribution in [0.3, 0.4) is 0 Å². The van der Waals surface area contributed by atoms with Gasteiger partial charge in [-0.25, -0.2) is 0 Å². The first kappa shape index (κ1) is 75.1. The molecular weight excluding hydrogens is 961 g/mol. The largest absolute Gasteiger partial charge is 0.462 e. The molecule has 6 nitrogen and oxygen atoms in total. The van der Waals surface area contributed by atoms with Crippen molar-refractivity contribution in [3.05, 3.63) is 60.8 Å². The summed E-state index contributed by atoms with van der Waals surface area (Å²) in [5.41, 5.74) is 0. The molecule has 0 aromatic heterocycles. The van der Waals surface area contributed by atoms with Gasteiger partial charge in [0.25, 0.3) is 0 Å². The van der Waals surface area contributed by atoms with Crippen LogP contribution in [-0.4, -0.2) is 37.2 Å². The molecule has 0 aromatic rings. The molecule has 0 aliphatic carbocycles. The molecule has 454 valence electrons. The zero-order chi connectivity index (χ0) is 56.4. The normalized spacial score (nSPS) is 12.4. The van der Waals surface area contributed by atoms with E-state index in [1.807, 2.05) is 0 Å². The molecule has 0 radical (unpaired) electrons. The Morgan fingerprint density at radius 2 is 0.500 bits per heavy atom. The number of unbranched alkanes of at least 4 members (excludes halogenated alkanes) is 42. The van der Waals surface area contributed by atoms with Crippen molar-refractivity contribution in [1.29, 1.82) is 0 Å². The van der Waals surface area contributed by atoms with Crippen LogP contribution < -0.4 is 0 Å². The Labute approximate surface area is 485 Å². The minimum atomic E-state index is -0.768. The highest BCUT2D eigenvalue weighted by molar-refractivity contribution is 5.71. The van der Waals surface area contributed by atoms with E-state index < -0.39 is 6.10 Å². The quantitative estimate of drug-likeness (QED) is 0.0261. The van der Waals surface area contributed by atoms with Crippen LogP contribution in [0.2, 0.25) is 0 Å². The highest BCUT2D eigenvalue weighted by atomic mass is 16.6. The second kappa shape index (κ2) is 66.6. The summed E-state index contributed by atoms with van der Waals surface area (Å²) in [5, 5.41) is 0. The van der Waals surface area contributed by atoms with E-state index in [0.717, 1.165) is 89.9 Å². The lowest BCUT2D eigenvalue weighted by atomic mass is 10.0. The van der Waals surface area contributed by atoms with E-state index in [1.54, 1.807) is 0 Å². The molecule has 0 saturated carbocycles. The van der Waals surface area contributed by atoms with Gasteiger partial charge in [0.15, 0.2) is 6.10 Å². The van der Waals surface area contributed by atoms with Gasteiger partial charge in [-0.15, -0.1) is 0 Å². The van der Waals surface area contributed by atoms with E-state index in [9.17, 15) is 14.4 Å². The topological polar surface area (TPSA) is 78.9 Å². The highest BCUT2D eigenvalue weighted by Crippen LogP contribution is 2.18. The van der Waals surface area contributed by atoms with Crippen molar-refractivity contribution in [2.45, 2.75) is 367 Å². The summed E-state index contributed by atoms with van der Waals surface area (Å²) in [4.78, 5) is 38.2. The van der Waals surface area contributed by atoms with Gasteiger partial charge < -0.3 is 14.2 Å². The van der Waals surface area contributed by atoms with E-state index >= 15 is 0 Å². The number of allylic oxidation sites excluding steroid dienone is 10. The Morgan fingerprint density at radius 1 is 0.269 bits per heavy atom. The van der Waals surface area contributed by atoms with Crippen molar-refractivity contribution >= 4 is 17.9 Å². The summed E-state index contributed by atoms with van der Waals surface area (Å²) >= 11 is 0. The molecule has 0 rings (SSSR count). The van der Waals surface area contributed by atoms with Crippen molar-refractivity contribution in [3.63, 3.8) is 0 Å². The van der Waals surface area contributed by atoms with Crippen LogP contribution in [0.25, 0.3) is 0 Å². The Morgan fingerprint density at radius 3 is 0.782 bits per heavy atom. The van der Waals surface area contributed by atoms with Gasteiger partial charge in [0.1, 0.15) is 13.2 Å². The van der Waals surface area contributed by atoms with E-state index in [4.69, 9.17) is 14.2 Å². The molecule has 0 amide bonds. The molecule has 0 saturated heterocycles. The molecule has 1 unspecified atom stereocenters. The van der Waals surface area contributed by atoms with Gasteiger partial charge in [0.05, 0.1) is 0 Å². The minimum absolute atomic E-state index is 0.0678. The standard InChI is InChI=1S/C72H130O6/c1-4-7-10-13-16-19-21-23-25-27-29-31-32-33-34-35-36-37-38-39-40-42-43-45-47-49-51-53-56-59-62-65-71(74)77-68-69(67-76-70(73)64-61-58-55-18-15-12-9-6-3)78-72(75)66-63-60-57-54-52-50-48-46-44-41-30-28-26-24-22-20-17-14-11-8-5-2/h7,10,16,19,23,25,29,31,33-34,69H,4-6,8-9,11-15,17-18,20-22,24,26-28,30,32,35-68H2,1-3H3/b10-7-,19-16-,25-23-,31-29-,34-33-. The van der Waals surface area contributed by atoms with Crippen molar-refractivity contribution in [2.24, 2.45) is 0 Å². The maximum absolute atomic E-state index is 12.9. The minimum Gasteiger partial charge on any atom is -0.462 e. The van der Waals surface area contributed by atoms with Crippen molar-refractivity contribution in [1.82, 2.24) is 0 Å². The number of ether oxygens (including phenoxy) is 3. The molecule has 0 fully saturated rings. The smallest absolute Gasteiger partial charge is 0.306 e. The molecule has 0 heterocycles. The third-order valence-corrected chi connectivity index (χ3v) is 15.3. The Bertz CT molecular complexity index is 1390. The van der Waals surface area contributed by atoms with Crippen molar-refractivity contribution in [2.75, 3.05) is 13.2 Å². The van der Waals surface area contributed by atoms with E-state index in [1.165, 1.54) is 231 Å². The molecule has 0 aromatic carbocycles. The molecule has 6 heteroatoms. The van der Waals surface area contributed by atoms with Crippen LogP contribution in [0.5, 0.6) is 0 Å². The van der Waals surface area contributed by atoms with Crippen LogP contribution >= 0.6 is 0 Å². The van der Waals surface area contributed by atoms with E-state index in [0.29, 0.717) is 19.3 Å². The number of carbonyl (C=O) groups excluding carboxylic acids is 3. The summed E-state index contributed by atoms with van der Waals surface area (Å²) in [6.45, 7) is 6.56. The number of hydrogen-bond donors (Lipinski definition) is 0. The van der Waals surface area contributed by atoms with Gasteiger partial charge in [0, 0.05) is 19.3 Å². The summed E-state index contributed by atoms with van der Waals surface area (Å²) in [5.74, 6) is -0.849. The third-order valence-electron chi connectivity index (χ3n) is 15.3. The number of hydrogen-bond acceptors (Lipinski definition) is 6. The summed E-state index contributed by atoms with van der Waals surface area (Å²) in [6.07, 6.45) is 85.5. The highest BCUT2D eigenvalue weighted by Gasteiger charge is 2.19. The second-order valence-corrected chi connectivity index (χ2v) is 23.1. The molecule has 0 N–H and O–H groups in total. The Hall–Kier alpha value is -2.89. The molecule has 0 aliphatic rings. The van der Waals surface area contributed by atoms with E-state index in [2.05, 4.69) is 81.5 Å². The lowest BCUT2D eigenvalue weighted by Gasteiger charge is -2.18. The first-order chi connectivity index (χ1) is 38.5. The van der Waals surface area contributed by atoms with Gasteiger partial charge in [-0.2, -0.15) is 0 Å². The zero-order valence-corrected chi connectivity index (χ0v) is 52.2. The molecular formula is C72H130O6. The SMILES string of the molecule is CC/C=C\C/C=C\C/C=C\C/C=C\C/C=C\CCCCCCCCCCCCCCCCCC(=O)OCC(COC(=O)CCCCCCCCCC)OC(=O)CCCCCCCCCCCCCCCCCCCCCCC. The predicted octanol–water partition coefficient (Wildman–Crippen LogP) is 23.5. The number of carbonyl (C=O) groups is 3. The van der Waals surface area contributed by atoms with Gasteiger partial charge in [-0.1, -0.05) is 338 Å². The average Bonchev–Trinajstić information content (AvgIpc) is 3.44. The van der Waals surface area contributed by atoms with Crippen molar-refractivity contribution in [3.8, 4) is 0 Å². The third kappa shape index (κ3) is 63.9. The van der Waals surface area contributed by atoms with E-state index in [-0.39, 0.29) is 31.1 Å². The van der Waals surface area contributed by atoms with Crippen LogP contribution in [0, 0.1) is 0 Å². The fourth-order valence-corrected chi connectivity index (χ4v) is 10.2. The van der Waals surface area contributed by atoms with Crippen LogP contribution in [-0.2, 0) is 28.6 Å². The Kier molecular flexibility index (Phi) is 64.2. The summed E-state index contributed by atoms with van der Waals surface area (Å²) < 4.78 is 16.9. The predicted molar refractivity (Wildman–Crippen MR) is 339 cm³/mol. The molecule has 1 atom stereocenters. The number of rotatable bonds is 63. The van der Waals surface area contributed by atoms with Gasteiger partial charge in [-0.3, -0.25) is 14.4 Å². The van der Waals surface area contributed by atoms with Crippen LogP contribution in [0.15, 0.2) is 60.8 Å². The van der Waals surface area contributed by atoms with Gasteiger partial charge >= 0.3 is 17.9 Å². The molecule has 0 spiro atoms. The first-order valence-corrected chi connectivity index (χ1v) is 34.3. The van der Waals surface area contributed by atoms with Crippen LogP contribution in [0.4, 0.5) is 0 Å².